The van der Waals surface area contributed by atoms with Gasteiger partial charge in [0.2, 0.25) is 5.91 Å². The monoisotopic (exact) mass is 324 g/mol. The Balaban J connectivity index is 1.62. The van der Waals surface area contributed by atoms with Gasteiger partial charge in [-0.3, -0.25) is 9.36 Å². The predicted octanol–water partition coefficient (Wildman–Crippen LogP) is 0.627. The number of nitrogens with zero attached hydrogens (tertiary/aromatic N) is 2. The molecule has 1 atom stereocenters. The van der Waals surface area contributed by atoms with E-state index in [0.717, 1.165) is 18.2 Å². The standard InChI is InChI=1S/C14H14F2N4O3/c15-9-1-2-10(16)8(5-9)7-17-12(21)6-11-13-18-19-14(22)20(13)3-4-23-11/h1-2,5,11H,3-4,6-7H2,(H,17,21)(H,19,22). The normalized spacial score (nSPS) is 16.9. The van der Waals surface area contributed by atoms with Crippen molar-refractivity contribution in [2.75, 3.05) is 6.61 Å². The second-order valence-electron chi connectivity index (χ2n) is 5.11. The Labute approximate surface area is 129 Å². The number of carbonyl (C=O) groups excluding carboxylic acids is 1. The SMILES string of the molecule is O=C(CC1OCCn2c1n[nH]c2=O)NCc1cc(F)ccc1F. The number of halogens is 2. The Bertz CT molecular complexity index is 787. The van der Waals surface area contributed by atoms with Crippen LogP contribution >= 0.6 is 0 Å². The Hall–Kier alpha value is -2.55. The zero-order valence-corrected chi connectivity index (χ0v) is 12.0. The lowest BCUT2D eigenvalue weighted by molar-refractivity contribution is -0.125. The molecule has 0 saturated heterocycles. The second-order valence-corrected chi connectivity index (χ2v) is 5.11. The molecule has 0 fully saturated rings. The summed E-state index contributed by atoms with van der Waals surface area (Å²) in [7, 11) is 0. The Morgan fingerprint density at radius 2 is 2.30 bits per heavy atom. The maximum Gasteiger partial charge on any atom is 0.343 e. The van der Waals surface area contributed by atoms with Gasteiger partial charge < -0.3 is 10.1 Å². The summed E-state index contributed by atoms with van der Waals surface area (Å²) in [5, 5.41) is 8.65. The van der Waals surface area contributed by atoms with Gasteiger partial charge in [-0.15, -0.1) is 0 Å². The van der Waals surface area contributed by atoms with Crippen LogP contribution < -0.4 is 11.0 Å². The molecule has 0 bridgehead atoms. The number of hydrogen-bond acceptors (Lipinski definition) is 4. The summed E-state index contributed by atoms with van der Waals surface area (Å²) in [5.41, 5.74) is -0.296. The van der Waals surface area contributed by atoms with E-state index in [0.29, 0.717) is 19.0 Å². The number of H-pyrrole nitrogens is 1. The van der Waals surface area contributed by atoms with Gasteiger partial charge in [0, 0.05) is 12.1 Å². The molecule has 1 aliphatic heterocycles. The zero-order valence-electron chi connectivity index (χ0n) is 12.0. The van der Waals surface area contributed by atoms with Crippen molar-refractivity contribution in [1.82, 2.24) is 20.1 Å². The van der Waals surface area contributed by atoms with E-state index in [1.807, 2.05) is 0 Å². The van der Waals surface area contributed by atoms with E-state index in [-0.39, 0.29) is 24.2 Å². The van der Waals surface area contributed by atoms with Crippen molar-refractivity contribution in [3.63, 3.8) is 0 Å². The molecule has 9 heteroatoms. The zero-order chi connectivity index (χ0) is 16.4. The minimum Gasteiger partial charge on any atom is -0.368 e. The molecular formula is C14H14F2N4O3. The van der Waals surface area contributed by atoms with Crippen LogP contribution in [-0.4, -0.2) is 27.3 Å². The predicted molar refractivity (Wildman–Crippen MR) is 74.4 cm³/mol. The van der Waals surface area contributed by atoms with Crippen LogP contribution in [0.4, 0.5) is 8.78 Å². The Kier molecular flexibility index (Phi) is 4.20. The maximum atomic E-state index is 13.5. The van der Waals surface area contributed by atoms with Crippen molar-refractivity contribution in [2.45, 2.75) is 25.6 Å². The van der Waals surface area contributed by atoms with Crippen molar-refractivity contribution in [3.8, 4) is 0 Å². The molecule has 1 aliphatic rings. The Morgan fingerprint density at radius 1 is 1.48 bits per heavy atom. The first-order valence-corrected chi connectivity index (χ1v) is 7.02. The molecule has 0 saturated carbocycles. The van der Waals surface area contributed by atoms with E-state index in [9.17, 15) is 18.4 Å². The number of nitrogens with one attached hydrogen (secondary N) is 2. The topological polar surface area (TPSA) is 89.0 Å². The fraction of sp³-hybridized carbons (Fsp3) is 0.357. The highest BCUT2D eigenvalue weighted by Crippen LogP contribution is 2.21. The van der Waals surface area contributed by atoms with E-state index in [2.05, 4.69) is 15.5 Å². The van der Waals surface area contributed by atoms with Gasteiger partial charge in [-0.2, -0.15) is 5.10 Å². The van der Waals surface area contributed by atoms with Gasteiger partial charge in [-0.05, 0) is 18.2 Å². The summed E-state index contributed by atoms with van der Waals surface area (Å²) >= 11 is 0. The minimum absolute atomic E-state index is 0.0552. The lowest BCUT2D eigenvalue weighted by atomic mass is 10.1. The first-order chi connectivity index (χ1) is 11.0. The number of amides is 1. The lowest BCUT2D eigenvalue weighted by Gasteiger charge is -2.22. The third-order valence-corrected chi connectivity index (χ3v) is 3.56. The van der Waals surface area contributed by atoms with Crippen LogP contribution in [0.25, 0.3) is 0 Å². The average Bonchev–Trinajstić information content (AvgIpc) is 2.91. The molecule has 1 unspecified atom stereocenters. The third kappa shape index (κ3) is 3.29. The first kappa shape index (κ1) is 15.3. The molecule has 1 amide bonds. The number of rotatable bonds is 4. The highest BCUT2D eigenvalue weighted by Gasteiger charge is 2.27. The molecule has 2 aromatic rings. The van der Waals surface area contributed by atoms with Crippen molar-refractivity contribution < 1.29 is 18.3 Å². The van der Waals surface area contributed by atoms with Gasteiger partial charge in [0.05, 0.1) is 19.6 Å². The molecular weight excluding hydrogens is 310 g/mol. The highest BCUT2D eigenvalue weighted by molar-refractivity contribution is 5.76. The molecule has 23 heavy (non-hydrogen) atoms. The van der Waals surface area contributed by atoms with Crippen LogP contribution in [0, 0.1) is 11.6 Å². The van der Waals surface area contributed by atoms with Crippen LogP contribution in [0.2, 0.25) is 0 Å². The average molecular weight is 324 g/mol. The number of ether oxygens (including phenoxy) is 1. The number of benzene rings is 1. The molecule has 0 spiro atoms. The van der Waals surface area contributed by atoms with Crippen LogP contribution in [-0.2, 0) is 22.6 Å². The number of hydrogen-bond donors (Lipinski definition) is 2. The summed E-state index contributed by atoms with van der Waals surface area (Å²) < 4.78 is 33.4. The van der Waals surface area contributed by atoms with E-state index in [1.165, 1.54) is 4.57 Å². The highest BCUT2D eigenvalue weighted by atomic mass is 19.1. The van der Waals surface area contributed by atoms with Gasteiger partial charge in [-0.1, -0.05) is 0 Å². The van der Waals surface area contributed by atoms with E-state index in [4.69, 9.17) is 4.74 Å². The quantitative estimate of drug-likeness (QED) is 0.863. The molecule has 2 N–H and O–H groups in total. The van der Waals surface area contributed by atoms with Gasteiger partial charge in [0.15, 0.2) is 5.82 Å². The molecule has 3 rings (SSSR count). The van der Waals surface area contributed by atoms with Crippen molar-refractivity contribution >= 4 is 5.91 Å². The third-order valence-electron chi connectivity index (χ3n) is 3.56. The van der Waals surface area contributed by atoms with Crippen LogP contribution in [0.3, 0.4) is 0 Å². The summed E-state index contributed by atoms with van der Waals surface area (Å²) in [6.45, 7) is 0.530. The van der Waals surface area contributed by atoms with E-state index >= 15 is 0 Å². The van der Waals surface area contributed by atoms with E-state index in [1.54, 1.807) is 0 Å². The van der Waals surface area contributed by atoms with Crippen LogP contribution in [0.5, 0.6) is 0 Å². The molecule has 1 aromatic carbocycles. The maximum absolute atomic E-state index is 13.5. The molecule has 0 radical (unpaired) electrons. The number of aromatic amines is 1. The molecule has 7 nitrogen and oxygen atoms in total. The van der Waals surface area contributed by atoms with Gasteiger partial charge in [-0.25, -0.2) is 18.7 Å². The summed E-state index contributed by atoms with van der Waals surface area (Å²) in [6, 6.07) is 3.04. The number of fused-ring (bicyclic) bond motifs is 1. The van der Waals surface area contributed by atoms with Gasteiger partial charge >= 0.3 is 5.69 Å². The first-order valence-electron chi connectivity index (χ1n) is 7.02. The molecule has 1 aromatic heterocycles. The second kappa shape index (κ2) is 6.29. The van der Waals surface area contributed by atoms with Crippen LogP contribution in [0.1, 0.15) is 23.9 Å². The van der Waals surface area contributed by atoms with Crippen molar-refractivity contribution in [1.29, 1.82) is 0 Å². The molecule has 122 valence electrons. The largest absolute Gasteiger partial charge is 0.368 e. The van der Waals surface area contributed by atoms with Crippen LogP contribution in [0.15, 0.2) is 23.0 Å². The van der Waals surface area contributed by atoms with Crippen molar-refractivity contribution in [2.24, 2.45) is 0 Å². The summed E-state index contributed by atoms with van der Waals surface area (Å²) in [5.74, 6) is -1.23. The Morgan fingerprint density at radius 3 is 3.13 bits per heavy atom. The van der Waals surface area contributed by atoms with E-state index < -0.39 is 23.6 Å². The fourth-order valence-corrected chi connectivity index (χ4v) is 2.42. The van der Waals surface area contributed by atoms with Crippen molar-refractivity contribution in [3.05, 3.63) is 51.7 Å². The number of aromatic nitrogens is 3. The van der Waals surface area contributed by atoms with Gasteiger partial charge in [0.1, 0.15) is 17.7 Å². The molecule has 2 heterocycles. The smallest absolute Gasteiger partial charge is 0.343 e. The number of carbonyl (C=O) groups is 1. The fourth-order valence-electron chi connectivity index (χ4n) is 2.42. The minimum atomic E-state index is -0.653. The lowest BCUT2D eigenvalue weighted by Crippen LogP contribution is -2.32. The van der Waals surface area contributed by atoms with Gasteiger partial charge in [0.25, 0.3) is 0 Å². The molecule has 0 aliphatic carbocycles. The summed E-state index contributed by atoms with van der Waals surface area (Å²) in [6.07, 6.45) is -0.721. The summed E-state index contributed by atoms with van der Waals surface area (Å²) in [4.78, 5) is 23.5.